The molecule has 1 aromatic heterocycles. The second-order valence-electron chi connectivity index (χ2n) is 4.96. The maximum atomic E-state index is 11.8. The van der Waals surface area contributed by atoms with E-state index >= 15 is 0 Å². The first-order valence-corrected chi connectivity index (χ1v) is 7.37. The van der Waals surface area contributed by atoms with Crippen molar-refractivity contribution in [1.29, 1.82) is 0 Å². The molecule has 2 N–H and O–H groups in total. The first kappa shape index (κ1) is 14.7. The molecule has 0 radical (unpaired) electrons. The number of aromatic nitrogens is 1. The Morgan fingerprint density at radius 1 is 1.35 bits per heavy atom. The van der Waals surface area contributed by atoms with E-state index in [1.54, 1.807) is 6.20 Å². The lowest BCUT2D eigenvalue weighted by Gasteiger charge is -2.12. The van der Waals surface area contributed by atoms with Crippen LogP contribution >= 0.6 is 11.3 Å². The molecule has 106 valence electrons. The van der Waals surface area contributed by atoms with Crippen LogP contribution in [0.2, 0.25) is 0 Å². The monoisotopic (exact) mass is 290 g/mol. The quantitative estimate of drug-likeness (QED) is 0.889. The predicted molar refractivity (Wildman–Crippen MR) is 81.6 cm³/mol. The van der Waals surface area contributed by atoms with Crippen LogP contribution in [0.5, 0.6) is 0 Å². The van der Waals surface area contributed by atoms with E-state index in [4.69, 9.17) is 0 Å². The molecular weight excluding hydrogens is 272 g/mol. The normalized spacial score (nSPS) is 12.4. The standard InChI is InChI=1S/C15H18N2O2S/c1-10(2)12(18)8-14(19)17-15-16-9-13(20-15)11-6-4-3-5-7-11/h3-7,9-10,12,18H,8H2,1-2H3,(H,16,17,19). The molecule has 0 saturated heterocycles. The van der Waals surface area contributed by atoms with Gasteiger partial charge in [-0.05, 0) is 11.5 Å². The van der Waals surface area contributed by atoms with Gasteiger partial charge in [0.05, 0.1) is 17.4 Å². The third kappa shape index (κ3) is 3.88. The van der Waals surface area contributed by atoms with Crippen molar-refractivity contribution in [2.45, 2.75) is 26.4 Å². The molecule has 1 aromatic carbocycles. The number of aliphatic hydroxyl groups excluding tert-OH is 1. The Morgan fingerprint density at radius 3 is 2.70 bits per heavy atom. The van der Waals surface area contributed by atoms with Gasteiger partial charge in [0.25, 0.3) is 0 Å². The molecule has 0 saturated carbocycles. The number of carbonyl (C=O) groups excluding carboxylic acids is 1. The maximum absolute atomic E-state index is 11.8. The SMILES string of the molecule is CC(C)C(O)CC(=O)Nc1ncc(-c2ccccc2)s1. The molecule has 0 spiro atoms. The Hall–Kier alpha value is -1.72. The average molecular weight is 290 g/mol. The van der Waals surface area contributed by atoms with Gasteiger partial charge in [-0.25, -0.2) is 4.98 Å². The highest BCUT2D eigenvalue weighted by molar-refractivity contribution is 7.19. The van der Waals surface area contributed by atoms with Crippen LogP contribution < -0.4 is 5.32 Å². The van der Waals surface area contributed by atoms with Gasteiger partial charge in [0.2, 0.25) is 5.91 Å². The lowest BCUT2D eigenvalue weighted by molar-refractivity contribution is -0.118. The fraction of sp³-hybridized carbons (Fsp3) is 0.333. The number of aliphatic hydroxyl groups is 1. The van der Waals surface area contributed by atoms with Crippen LogP contribution in [0.15, 0.2) is 36.5 Å². The van der Waals surface area contributed by atoms with E-state index in [1.807, 2.05) is 44.2 Å². The molecule has 0 aliphatic rings. The summed E-state index contributed by atoms with van der Waals surface area (Å²) in [5.41, 5.74) is 1.08. The number of anilines is 1. The zero-order chi connectivity index (χ0) is 14.5. The number of hydrogen-bond donors (Lipinski definition) is 2. The summed E-state index contributed by atoms with van der Waals surface area (Å²) in [5.74, 6) is -0.142. The van der Waals surface area contributed by atoms with Gasteiger partial charge < -0.3 is 10.4 Å². The Balaban J connectivity index is 1.98. The van der Waals surface area contributed by atoms with Gasteiger partial charge >= 0.3 is 0 Å². The van der Waals surface area contributed by atoms with E-state index in [0.29, 0.717) is 5.13 Å². The van der Waals surface area contributed by atoms with Gasteiger partial charge in [0.1, 0.15) is 0 Å². The highest BCUT2D eigenvalue weighted by Crippen LogP contribution is 2.28. The number of nitrogens with zero attached hydrogens (tertiary/aromatic N) is 1. The lowest BCUT2D eigenvalue weighted by Crippen LogP contribution is -2.23. The van der Waals surface area contributed by atoms with Gasteiger partial charge in [-0.3, -0.25) is 4.79 Å². The zero-order valence-corrected chi connectivity index (χ0v) is 12.4. The lowest BCUT2D eigenvalue weighted by atomic mass is 10.0. The second-order valence-corrected chi connectivity index (χ2v) is 5.99. The summed E-state index contributed by atoms with van der Waals surface area (Å²) in [5, 5.41) is 13.0. The first-order valence-electron chi connectivity index (χ1n) is 6.55. The first-order chi connectivity index (χ1) is 9.56. The van der Waals surface area contributed by atoms with Crippen molar-refractivity contribution in [3.05, 3.63) is 36.5 Å². The molecule has 0 bridgehead atoms. The fourth-order valence-corrected chi connectivity index (χ4v) is 2.50. The second kappa shape index (κ2) is 6.63. The number of rotatable bonds is 5. The molecule has 1 atom stereocenters. The van der Waals surface area contributed by atoms with Gasteiger partial charge in [0.15, 0.2) is 5.13 Å². The fourth-order valence-electron chi connectivity index (χ4n) is 1.66. The molecule has 2 rings (SSSR count). The molecule has 0 aliphatic heterocycles. The number of hydrogen-bond acceptors (Lipinski definition) is 4. The van der Waals surface area contributed by atoms with Crippen LogP contribution in [0, 0.1) is 5.92 Å². The molecule has 1 amide bonds. The topological polar surface area (TPSA) is 62.2 Å². The van der Waals surface area contributed by atoms with Crippen molar-refractivity contribution in [3.8, 4) is 10.4 Å². The van der Waals surface area contributed by atoms with Crippen molar-refractivity contribution in [1.82, 2.24) is 4.98 Å². The van der Waals surface area contributed by atoms with E-state index in [9.17, 15) is 9.90 Å². The predicted octanol–water partition coefficient (Wildman–Crippen LogP) is 3.16. The number of carbonyl (C=O) groups is 1. The number of nitrogens with one attached hydrogen (secondary N) is 1. The van der Waals surface area contributed by atoms with Crippen LogP contribution in [0.25, 0.3) is 10.4 Å². The van der Waals surface area contributed by atoms with Crippen molar-refractivity contribution < 1.29 is 9.90 Å². The van der Waals surface area contributed by atoms with Gasteiger partial charge in [-0.15, -0.1) is 0 Å². The van der Waals surface area contributed by atoms with Gasteiger partial charge in [-0.1, -0.05) is 55.5 Å². The van der Waals surface area contributed by atoms with E-state index in [2.05, 4.69) is 10.3 Å². The summed E-state index contributed by atoms with van der Waals surface area (Å²) in [6, 6.07) is 9.89. The molecule has 4 nitrogen and oxygen atoms in total. The molecular formula is C15H18N2O2S. The molecule has 5 heteroatoms. The Morgan fingerprint density at radius 2 is 2.05 bits per heavy atom. The van der Waals surface area contributed by atoms with Gasteiger partial charge in [0, 0.05) is 6.20 Å². The van der Waals surface area contributed by atoms with Crippen LogP contribution in [-0.2, 0) is 4.79 Å². The summed E-state index contributed by atoms with van der Waals surface area (Å²) in [7, 11) is 0. The molecule has 20 heavy (non-hydrogen) atoms. The van der Waals surface area contributed by atoms with E-state index in [0.717, 1.165) is 10.4 Å². The minimum atomic E-state index is -0.622. The van der Waals surface area contributed by atoms with Crippen LogP contribution in [0.3, 0.4) is 0 Å². The third-order valence-electron chi connectivity index (χ3n) is 2.97. The Bertz CT molecular complexity index is 566. The van der Waals surface area contributed by atoms with E-state index in [1.165, 1.54) is 11.3 Å². The summed E-state index contributed by atoms with van der Waals surface area (Å²) in [4.78, 5) is 17.0. The van der Waals surface area contributed by atoms with Gasteiger partial charge in [-0.2, -0.15) is 0 Å². The maximum Gasteiger partial charge on any atom is 0.228 e. The summed E-state index contributed by atoms with van der Waals surface area (Å²) >= 11 is 1.43. The summed E-state index contributed by atoms with van der Waals surface area (Å²) in [6.07, 6.45) is 1.22. The van der Waals surface area contributed by atoms with Crippen LogP contribution in [0.4, 0.5) is 5.13 Å². The number of benzene rings is 1. The smallest absolute Gasteiger partial charge is 0.228 e. The minimum absolute atomic E-state index is 0.0666. The van der Waals surface area contributed by atoms with Crippen molar-refractivity contribution >= 4 is 22.4 Å². The van der Waals surface area contributed by atoms with Crippen LogP contribution in [-0.4, -0.2) is 22.1 Å². The number of amides is 1. The zero-order valence-electron chi connectivity index (χ0n) is 11.5. The molecule has 1 heterocycles. The van der Waals surface area contributed by atoms with E-state index < -0.39 is 6.10 Å². The average Bonchev–Trinajstić information content (AvgIpc) is 2.88. The summed E-state index contributed by atoms with van der Waals surface area (Å²) in [6.45, 7) is 3.77. The summed E-state index contributed by atoms with van der Waals surface area (Å²) < 4.78 is 0. The van der Waals surface area contributed by atoms with E-state index in [-0.39, 0.29) is 18.2 Å². The van der Waals surface area contributed by atoms with Crippen LogP contribution in [0.1, 0.15) is 20.3 Å². The minimum Gasteiger partial charge on any atom is -0.392 e. The molecule has 2 aromatic rings. The Labute approximate surface area is 122 Å². The molecule has 0 aliphatic carbocycles. The molecule has 1 unspecified atom stereocenters. The Kier molecular flexibility index (Phi) is 4.87. The number of thiazole rings is 1. The highest BCUT2D eigenvalue weighted by Gasteiger charge is 2.15. The van der Waals surface area contributed by atoms with Crippen molar-refractivity contribution in [3.63, 3.8) is 0 Å². The highest BCUT2D eigenvalue weighted by atomic mass is 32.1. The third-order valence-corrected chi connectivity index (χ3v) is 3.94. The molecule has 0 fully saturated rings. The van der Waals surface area contributed by atoms with Crippen molar-refractivity contribution in [2.24, 2.45) is 5.92 Å². The van der Waals surface area contributed by atoms with Crippen molar-refractivity contribution in [2.75, 3.05) is 5.32 Å². The largest absolute Gasteiger partial charge is 0.392 e.